The largest absolute Gasteiger partial charge is 0.344 e. The third-order valence-electron chi connectivity index (χ3n) is 4.96. The number of hydrogen-bond acceptors (Lipinski definition) is 5. The van der Waals surface area contributed by atoms with Gasteiger partial charge in [0.2, 0.25) is 11.8 Å². The maximum absolute atomic E-state index is 12.5. The van der Waals surface area contributed by atoms with Gasteiger partial charge in [0.05, 0.1) is 11.9 Å². The van der Waals surface area contributed by atoms with E-state index in [0.717, 1.165) is 29.8 Å². The normalized spacial score (nSPS) is 16.8. The number of hydrogen-bond donors (Lipinski definition) is 3. The molecule has 3 aromatic rings. The first-order chi connectivity index (χ1) is 13.6. The monoisotopic (exact) mass is 379 g/mol. The number of anilines is 1. The fourth-order valence-electron chi connectivity index (χ4n) is 3.33. The number of fused-ring (bicyclic) bond motifs is 1. The minimum Gasteiger partial charge on any atom is -0.344 e. The van der Waals surface area contributed by atoms with Crippen LogP contribution in [-0.2, 0) is 22.4 Å². The van der Waals surface area contributed by atoms with Crippen molar-refractivity contribution in [3.63, 3.8) is 0 Å². The molecular weight excluding hydrogens is 358 g/mol. The number of nitrogens with one attached hydrogen (secondary N) is 3. The van der Waals surface area contributed by atoms with Crippen molar-refractivity contribution in [3.8, 4) is 5.69 Å². The Morgan fingerprint density at radius 2 is 2.11 bits per heavy atom. The number of aromatic nitrogens is 5. The molecule has 1 aliphatic rings. The summed E-state index contributed by atoms with van der Waals surface area (Å²) in [6.45, 7) is 1.68. The molecule has 4 rings (SSSR count). The molecule has 0 aliphatic heterocycles. The number of amides is 2. The lowest BCUT2D eigenvalue weighted by Gasteiger charge is -2.23. The molecule has 2 unspecified atom stereocenters. The number of aryl methyl sites for hydroxylation is 1. The number of carbonyl (C=O) groups excluding carboxylic acids is 2. The molecule has 0 fully saturated rings. The van der Waals surface area contributed by atoms with Crippen molar-refractivity contribution in [3.05, 3.63) is 54.4 Å². The maximum Gasteiger partial charge on any atom is 0.246 e. The van der Waals surface area contributed by atoms with Gasteiger partial charge in [0, 0.05) is 17.3 Å². The van der Waals surface area contributed by atoms with Crippen molar-refractivity contribution in [2.45, 2.75) is 32.2 Å². The zero-order valence-corrected chi connectivity index (χ0v) is 15.4. The van der Waals surface area contributed by atoms with E-state index in [1.807, 2.05) is 12.1 Å². The van der Waals surface area contributed by atoms with E-state index in [1.165, 1.54) is 6.33 Å². The van der Waals surface area contributed by atoms with E-state index >= 15 is 0 Å². The highest BCUT2D eigenvalue weighted by Crippen LogP contribution is 2.24. The number of carbonyl (C=O) groups is 2. The van der Waals surface area contributed by atoms with Gasteiger partial charge in [0.15, 0.2) is 0 Å². The Labute approximate surface area is 161 Å². The highest BCUT2D eigenvalue weighted by atomic mass is 16.2. The average Bonchev–Trinajstić information content (AvgIpc) is 3.39. The van der Waals surface area contributed by atoms with Gasteiger partial charge in [-0.3, -0.25) is 14.7 Å². The third-order valence-corrected chi connectivity index (χ3v) is 4.96. The second-order valence-electron chi connectivity index (χ2n) is 6.92. The number of rotatable bonds is 5. The zero-order valence-electron chi connectivity index (χ0n) is 15.4. The van der Waals surface area contributed by atoms with Crippen molar-refractivity contribution in [2.24, 2.45) is 5.92 Å². The molecule has 0 saturated carbocycles. The molecular formula is C19H21N7O2. The number of benzene rings is 1. The summed E-state index contributed by atoms with van der Waals surface area (Å²) in [4.78, 5) is 28.9. The Kier molecular flexibility index (Phi) is 4.88. The van der Waals surface area contributed by atoms with Crippen LogP contribution in [0.15, 0.2) is 43.1 Å². The van der Waals surface area contributed by atoms with Crippen LogP contribution in [0.4, 0.5) is 5.69 Å². The minimum atomic E-state index is -0.631. The van der Waals surface area contributed by atoms with E-state index < -0.39 is 6.04 Å². The fourth-order valence-corrected chi connectivity index (χ4v) is 3.33. The SMILES string of the molecule is CC(NC(=O)C1CCc2[nH]ncc2C1)C(=O)Nc1ccc(-n2cncn2)cc1. The highest BCUT2D eigenvalue weighted by Gasteiger charge is 2.27. The Bertz CT molecular complexity index is 963. The number of aromatic amines is 1. The maximum atomic E-state index is 12.5. The second-order valence-corrected chi connectivity index (χ2v) is 6.92. The van der Waals surface area contributed by atoms with Gasteiger partial charge in [-0.05, 0) is 56.0 Å². The zero-order chi connectivity index (χ0) is 19.5. The van der Waals surface area contributed by atoms with E-state index in [0.29, 0.717) is 12.1 Å². The quantitative estimate of drug-likeness (QED) is 0.616. The van der Waals surface area contributed by atoms with Crippen LogP contribution in [0.25, 0.3) is 5.69 Å². The van der Waals surface area contributed by atoms with Crippen molar-refractivity contribution < 1.29 is 9.59 Å². The summed E-state index contributed by atoms with van der Waals surface area (Å²) in [6, 6.07) is 6.60. The van der Waals surface area contributed by atoms with Gasteiger partial charge in [0.1, 0.15) is 18.7 Å². The lowest BCUT2D eigenvalue weighted by atomic mass is 9.87. The average molecular weight is 379 g/mol. The lowest BCUT2D eigenvalue weighted by molar-refractivity contribution is -0.129. The van der Waals surface area contributed by atoms with E-state index in [4.69, 9.17) is 0 Å². The van der Waals surface area contributed by atoms with E-state index in [2.05, 4.69) is 30.9 Å². The topological polar surface area (TPSA) is 118 Å². The molecule has 2 atom stereocenters. The van der Waals surface area contributed by atoms with Crippen LogP contribution in [0.5, 0.6) is 0 Å². The molecule has 2 aromatic heterocycles. The van der Waals surface area contributed by atoms with Crippen LogP contribution in [0.3, 0.4) is 0 Å². The first-order valence-electron chi connectivity index (χ1n) is 9.17. The first-order valence-corrected chi connectivity index (χ1v) is 9.17. The van der Waals surface area contributed by atoms with Crippen LogP contribution < -0.4 is 10.6 Å². The summed E-state index contributed by atoms with van der Waals surface area (Å²) in [5.41, 5.74) is 3.67. The Morgan fingerprint density at radius 3 is 2.86 bits per heavy atom. The fraction of sp³-hybridized carbons (Fsp3) is 0.316. The van der Waals surface area contributed by atoms with E-state index in [1.54, 1.807) is 36.3 Å². The Morgan fingerprint density at radius 1 is 1.29 bits per heavy atom. The van der Waals surface area contributed by atoms with Gasteiger partial charge in [-0.15, -0.1) is 0 Å². The smallest absolute Gasteiger partial charge is 0.246 e. The number of H-pyrrole nitrogens is 1. The van der Waals surface area contributed by atoms with Gasteiger partial charge in [-0.25, -0.2) is 9.67 Å². The molecule has 0 saturated heterocycles. The molecule has 3 N–H and O–H groups in total. The molecule has 0 spiro atoms. The third kappa shape index (κ3) is 3.78. The highest BCUT2D eigenvalue weighted by molar-refractivity contribution is 5.97. The molecule has 0 radical (unpaired) electrons. The van der Waals surface area contributed by atoms with Gasteiger partial charge < -0.3 is 10.6 Å². The molecule has 2 heterocycles. The van der Waals surface area contributed by atoms with E-state index in [-0.39, 0.29) is 17.7 Å². The second kappa shape index (κ2) is 7.63. The van der Waals surface area contributed by atoms with Gasteiger partial charge in [-0.2, -0.15) is 10.2 Å². The molecule has 9 nitrogen and oxygen atoms in total. The predicted octanol–water partition coefficient (Wildman–Crippen LogP) is 1.24. The Balaban J connectivity index is 1.31. The summed E-state index contributed by atoms with van der Waals surface area (Å²) in [5.74, 6) is -0.500. The summed E-state index contributed by atoms with van der Waals surface area (Å²) in [5, 5.41) is 16.7. The summed E-state index contributed by atoms with van der Waals surface area (Å²) in [7, 11) is 0. The molecule has 9 heteroatoms. The summed E-state index contributed by atoms with van der Waals surface area (Å²) < 4.78 is 1.63. The van der Waals surface area contributed by atoms with E-state index in [9.17, 15) is 9.59 Å². The summed E-state index contributed by atoms with van der Waals surface area (Å²) in [6.07, 6.45) is 7.03. The van der Waals surface area contributed by atoms with Crippen molar-refractivity contribution in [2.75, 3.05) is 5.32 Å². The van der Waals surface area contributed by atoms with Crippen LogP contribution in [-0.4, -0.2) is 42.8 Å². The summed E-state index contributed by atoms with van der Waals surface area (Å²) >= 11 is 0. The molecule has 1 aromatic carbocycles. The molecule has 144 valence electrons. The van der Waals surface area contributed by atoms with Crippen LogP contribution in [0, 0.1) is 5.92 Å². The van der Waals surface area contributed by atoms with Gasteiger partial charge in [0.25, 0.3) is 0 Å². The Hall–Kier alpha value is -3.49. The number of nitrogens with zero attached hydrogens (tertiary/aromatic N) is 4. The van der Waals surface area contributed by atoms with Crippen LogP contribution in [0.1, 0.15) is 24.6 Å². The minimum absolute atomic E-state index is 0.101. The predicted molar refractivity (Wildman–Crippen MR) is 102 cm³/mol. The van der Waals surface area contributed by atoms with Crippen molar-refractivity contribution in [1.82, 2.24) is 30.3 Å². The molecule has 2 amide bonds. The van der Waals surface area contributed by atoms with Crippen molar-refractivity contribution >= 4 is 17.5 Å². The first kappa shape index (κ1) is 17.9. The van der Waals surface area contributed by atoms with Gasteiger partial charge in [-0.1, -0.05) is 0 Å². The molecule has 1 aliphatic carbocycles. The van der Waals surface area contributed by atoms with Crippen molar-refractivity contribution in [1.29, 1.82) is 0 Å². The molecule has 0 bridgehead atoms. The van der Waals surface area contributed by atoms with Crippen LogP contribution >= 0.6 is 0 Å². The van der Waals surface area contributed by atoms with Gasteiger partial charge >= 0.3 is 0 Å². The molecule has 28 heavy (non-hydrogen) atoms. The van der Waals surface area contributed by atoms with Crippen LogP contribution in [0.2, 0.25) is 0 Å². The standard InChI is InChI=1S/C19H21N7O2/c1-12(23-19(28)13-2-7-17-14(8-13)9-21-25-17)18(27)24-15-3-5-16(6-4-15)26-11-20-10-22-26/h3-6,9-13H,2,7-8H2,1H3,(H,21,25)(H,23,28)(H,24,27). The lowest BCUT2D eigenvalue weighted by Crippen LogP contribution is -2.45.